The summed E-state index contributed by atoms with van der Waals surface area (Å²) in [6.45, 7) is -1.09. The Morgan fingerprint density at radius 2 is 2.15 bits per heavy atom. The van der Waals surface area contributed by atoms with Gasteiger partial charge in [0.1, 0.15) is 6.61 Å². The molecule has 0 heterocycles. The van der Waals surface area contributed by atoms with E-state index in [0.717, 1.165) is 0 Å². The van der Waals surface area contributed by atoms with Crippen molar-refractivity contribution in [2.24, 2.45) is 10.7 Å². The van der Waals surface area contributed by atoms with E-state index < -0.39 is 12.8 Å². The van der Waals surface area contributed by atoms with E-state index in [1.54, 1.807) is 0 Å². The normalized spacial score (nSPS) is 13.1. The Bertz CT molecular complexity index is 169. The van der Waals surface area contributed by atoms with Gasteiger partial charge in [-0.05, 0) is 0 Å². The van der Waals surface area contributed by atoms with E-state index in [0.29, 0.717) is 0 Å². The summed E-state index contributed by atoms with van der Waals surface area (Å²) in [5.41, 5.74) is 5.20. The molecule has 0 rings (SSSR count). The quantitative estimate of drug-likeness (QED) is 0.383. The Morgan fingerprint density at radius 3 is 2.62 bits per heavy atom. The van der Waals surface area contributed by atoms with E-state index >= 15 is 0 Å². The molecule has 0 spiro atoms. The number of nitrogens with one attached hydrogen (secondary N) is 1. The van der Waals surface area contributed by atoms with Crippen LogP contribution >= 0.6 is 0 Å². The van der Waals surface area contributed by atoms with Crippen LogP contribution < -0.4 is 11.1 Å². The van der Waals surface area contributed by atoms with Gasteiger partial charge in [-0.3, -0.25) is 4.99 Å². The van der Waals surface area contributed by atoms with Crippen LogP contribution in [0.5, 0.6) is 0 Å². The SMILES string of the molecule is CN=C(N)NCCOCC(F)(F)F. The minimum Gasteiger partial charge on any atom is -0.370 e. The lowest BCUT2D eigenvalue weighted by atomic mass is 10.6. The van der Waals surface area contributed by atoms with Crippen LogP contribution in [0.4, 0.5) is 13.2 Å². The smallest absolute Gasteiger partial charge is 0.370 e. The Labute approximate surface area is 74.0 Å². The average molecular weight is 199 g/mol. The number of rotatable bonds is 4. The molecule has 0 atom stereocenters. The largest absolute Gasteiger partial charge is 0.411 e. The van der Waals surface area contributed by atoms with E-state index in [4.69, 9.17) is 5.73 Å². The molecule has 0 aromatic heterocycles. The van der Waals surface area contributed by atoms with Gasteiger partial charge in [0.05, 0.1) is 6.61 Å². The van der Waals surface area contributed by atoms with Crippen molar-refractivity contribution in [2.45, 2.75) is 6.18 Å². The van der Waals surface area contributed by atoms with Gasteiger partial charge >= 0.3 is 6.18 Å². The van der Waals surface area contributed by atoms with Crippen molar-refractivity contribution in [2.75, 3.05) is 26.8 Å². The van der Waals surface area contributed by atoms with Crippen molar-refractivity contribution in [3.05, 3.63) is 0 Å². The Morgan fingerprint density at radius 1 is 1.54 bits per heavy atom. The van der Waals surface area contributed by atoms with Crippen molar-refractivity contribution in [3.8, 4) is 0 Å². The van der Waals surface area contributed by atoms with Gasteiger partial charge in [-0.15, -0.1) is 0 Å². The van der Waals surface area contributed by atoms with Crippen LogP contribution in [0.3, 0.4) is 0 Å². The predicted octanol–water partition coefficient (Wildman–Crippen LogP) is 0.0994. The zero-order valence-corrected chi connectivity index (χ0v) is 7.19. The summed E-state index contributed by atoms with van der Waals surface area (Å²) in [4.78, 5) is 3.54. The molecular formula is C6H12F3N3O. The topological polar surface area (TPSA) is 59.6 Å². The maximum Gasteiger partial charge on any atom is 0.411 e. The molecule has 0 aliphatic carbocycles. The van der Waals surface area contributed by atoms with Gasteiger partial charge in [0.15, 0.2) is 5.96 Å². The number of nitrogens with two attached hydrogens (primary N) is 1. The van der Waals surface area contributed by atoms with E-state index in [1.807, 2.05) is 0 Å². The van der Waals surface area contributed by atoms with Crippen LogP contribution in [-0.2, 0) is 4.74 Å². The van der Waals surface area contributed by atoms with Gasteiger partial charge in [0.2, 0.25) is 0 Å². The molecule has 0 radical (unpaired) electrons. The number of hydrogen-bond acceptors (Lipinski definition) is 2. The van der Waals surface area contributed by atoms with Crippen LogP contribution in [-0.4, -0.2) is 38.9 Å². The summed E-state index contributed by atoms with van der Waals surface area (Å²) in [7, 11) is 1.47. The van der Waals surface area contributed by atoms with Crippen molar-refractivity contribution in [3.63, 3.8) is 0 Å². The first-order valence-electron chi connectivity index (χ1n) is 3.56. The third kappa shape index (κ3) is 8.93. The fraction of sp³-hybridized carbons (Fsp3) is 0.833. The lowest BCUT2D eigenvalue weighted by Gasteiger charge is -2.08. The summed E-state index contributed by atoms with van der Waals surface area (Å²) < 4.78 is 38.8. The maximum absolute atomic E-state index is 11.5. The van der Waals surface area contributed by atoms with E-state index in [2.05, 4.69) is 15.0 Å². The molecule has 0 amide bonds. The Balaban J connectivity index is 3.28. The Kier molecular flexibility index (Phi) is 5.20. The lowest BCUT2D eigenvalue weighted by Crippen LogP contribution is -2.34. The van der Waals surface area contributed by atoms with Gasteiger partial charge in [0, 0.05) is 13.6 Å². The molecule has 0 saturated carbocycles. The van der Waals surface area contributed by atoms with Crippen LogP contribution in [0, 0.1) is 0 Å². The average Bonchev–Trinajstić information content (AvgIpc) is 2.01. The summed E-state index contributed by atoms with van der Waals surface area (Å²) >= 11 is 0. The number of guanidine groups is 1. The first-order chi connectivity index (χ1) is 5.95. The molecular weight excluding hydrogens is 187 g/mol. The molecule has 0 aromatic rings. The maximum atomic E-state index is 11.5. The second-order valence-electron chi connectivity index (χ2n) is 2.20. The molecule has 0 aromatic carbocycles. The van der Waals surface area contributed by atoms with Crippen molar-refractivity contribution in [1.29, 1.82) is 0 Å². The summed E-state index contributed by atoms with van der Waals surface area (Å²) in [5.74, 6) is 0.176. The zero-order valence-electron chi connectivity index (χ0n) is 7.19. The van der Waals surface area contributed by atoms with Crippen molar-refractivity contribution < 1.29 is 17.9 Å². The molecule has 4 nitrogen and oxygen atoms in total. The Hall–Kier alpha value is -0.980. The van der Waals surface area contributed by atoms with Crippen LogP contribution in [0.2, 0.25) is 0 Å². The highest BCUT2D eigenvalue weighted by atomic mass is 19.4. The predicted molar refractivity (Wildman–Crippen MR) is 42.4 cm³/mol. The minimum absolute atomic E-state index is 0.0598. The highest BCUT2D eigenvalue weighted by molar-refractivity contribution is 5.77. The second-order valence-corrected chi connectivity index (χ2v) is 2.20. The van der Waals surface area contributed by atoms with Crippen molar-refractivity contribution in [1.82, 2.24) is 5.32 Å². The molecule has 0 bridgehead atoms. The highest BCUT2D eigenvalue weighted by Gasteiger charge is 2.27. The summed E-state index contributed by atoms with van der Waals surface area (Å²) in [5, 5.41) is 2.55. The van der Waals surface area contributed by atoms with Crippen LogP contribution in [0.15, 0.2) is 4.99 Å². The molecule has 7 heteroatoms. The number of halogens is 3. The van der Waals surface area contributed by atoms with Gasteiger partial charge in [-0.1, -0.05) is 0 Å². The van der Waals surface area contributed by atoms with Crippen molar-refractivity contribution >= 4 is 5.96 Å². The molecule has 0 saturated heterocycles. The molecule has 0 aliphatic rings. The van der Waals surface area contributed by atoms with Gasteiger partial charge in [0.25, 0.3) is 0 Å². The van der Waals surface area contributed by atoms with Gasteiger partial charge in [-0.25, -0.2) is 0 Å². The number of nitrogens with zero attached hydrogens (tertiary/aromatic N) is 1. The minimum atomic E-state index is -4.27. The third-order valence-corrected chi connectivity index (χ3v) is 1.06. The van der Waals surface area contributed by atoms with E-state index in [9.17, 15) is 13.2 Å². The van der Waals surface area contributed by atoms with E-state index in [-0.39, 0.29) is 19.1 Å². The first kappa shape index (κ1) is 12.0. The molecule has 13 heavy (non-hydrogen) atoms. The number of hydrogen-bond donors (Lipinski definition) is 2. The summed E-state index contributed by atoms with van der Waals surface area (Å²) in [6, 6.07) is 0. The molecule has 0 unspecified atom stereocenters. The van der Waals surface area contributed by atoms with Crippen LogP contribution in [0.25, 0.3) is 0 Å². The molecule has 78 valence electrons. The molecule has 0 aliphatic heterocycles. The lowest BCUT2D eigenvalue weighted by molar-refractivity contribution is -0.173. The number of aliphatic imine (C=N–C) groups is 1. The second kappa shape index (κ2) is 5.63. The van der Waals surface area contributed by atoms with E-state index in [1.165, 1.54) is 7.05 Å². The molecule has 0 fully saturated rings. The molecule has 3 N–H and O–H groups in total. The number of alkyl halides is 3. The number of ether oxygens (including phenoxy) is 1. The standard InChI is InChI=1S/C6H12F3N3O/c1-11-5(10)12-2-3-13-4-6(7,8)9/h2-4H2,1H3,(H3,10,11,12). The fourth-order valence-corrected chi connectivity index (χ4v) is 0.518. The van der Waals surface area contributed by atoms with Gasteiger partial charge in [-0.2, -0.15) is 13.2 Å². The zero-order chi connectivity index (χ0) is 10.3. The third-order valence-electron chi connectivity index (χ3n) is 1.06. The van der Waals surface area contributed by atoms with Crippen LogP contribution in [0.1, 0.15) is 0 Å². The summed E-state index contributed by atoms with van der Waals surface area (Å²) in [6.07, 6.45) is -4.27. The fourth-order valence-electron chi connectivity index (χ4n) is 0.518. The monoisotopic (exact) mass is 199 g/mol. The first-order valence-corrected chi connectivity index (χ1v) is 3.56. The van der Waals surface area contributed by atoms with Gasteiger partial charge < -0.3 is 15.8 Å². The highest BCUT2D eigenvalue weighted by Crippen LogP contribution is 2.13.